The molecule has 1 amide bonds. The second-order valence-corrected chi connectivity index (χ2v) is 5.85. The molecule has 0 bridgehead atoms. The second-order valence-electron chi connectivity index (χ2n) is 5.85. The number of methoxy groups -OCH3 is 1. The minimum atomic E-state index is -0.146. The molecular formula is C21H27NO4. The first-order chi connectivity index (χ1) is 12.6. The Morgan fingerprint density at radius 2 is 1.69 bits per heavy atom. The zero-order valence-corrected chi connectivity index (χ0v) is 15.9. The quantitative estimate of drug-likeness (QED) is 0.739. The number of para-hydroxylation sites is 1. The number of rotatable bonds is 9. The fraction of sp³-hybridized carbons (Fsp3) is 0.381. The third kappa shape index (κ3) is 5.15. The van der Waals surface area contributed by atoms with Crippen LogP contribution in [0.25, 0.3) is 0 Å². The molecule has 5 nitrogen and oxygen atoms in total. The normalized spacial score (nSPS) is 11.5. The molecule has 0 heterocycles. The van der Waals surface area contributed by atoms with Gasteiger partial charge >= 0.3 is 0 Å². The van der Waals surface area contributed by atoms with Crippen LogP contribution in [0.15, 0.2) is 42.5 Å². The molecular weight excluding hydrogens is 330 g/mol. The van der Waals surface area contributed by atoms with Crippen LogP contribution in [0.4, 0.5) is 0 Å². The lowest BCUT2D eigenvalue weighted by molar-refractivity contribution is -0.121. The molecule has 26 heavy (non-hydrogen) atoms. The topological polar surface area (TPSA) is 56.8 Å². The van der Waals surface area contributed by atoms with E-state index in [1.54, 1.807) is 7.11 Å². The van der Waals surface area contributed by atoms with Crippen LogP contribution in [-0.4, -0.2) is 26.2 Å². The Balaban J connectivity index is 2.07. The molecule has 0 aliphatic rings. The minimum absolute atomic E-state index is 0.0613. The van der Waals surface area contributed by atoms with Gasteiger partial charge in [0.25, 0.3) is 0 Å². The summed E-state index contributed by atoms with van der Waals surface area (Å²) in [7, 11) is 1.61. The summed E-state index contributed by atoms with van der Waals surface area (Å²) in [4.78, 5) is 12.4. The van der Waals surface area contributed by atoms with Crippen molar-refractivity contribution in [1.82, 2.24) is 5.32 Å². The monoisotopic (exact) mass is 357 g/mol. The maximum atomic E-state index is 12.4. The van der Waals surface area contributed by atoms with Crippen LogP contribution in [0.3, 0.4) is 0 Å². The summed E-state index contributed by atoms with van der Waals surface area (Å²) >= 11 is 0. The Morgan fingerprint density at radius 3 is 2.38 bits per heavy atom. The van der Waals surface area contributed by atoms with Gasteiger partial charge in [0.1, 0.15) is 5.75 Å². The van der Waals surface area contributed by atoms with E-state index < -0.39 is 0 Å². The Morgan fingerprint density at radius 1 is 1.00 bits per heavy atom. The van der Waals surface area contributed by atoms with E-state index >= 15 is 0 Å². The smallest absolute Gasteiger partial charge is 0.225 e. The Bertz CT molecular complexity index is 730. The van der Waals surface area contributed by atoms with Crippen molar-refractivity contribution >= 4 is 5.91 Å². The summed E-state index contributed by atoms with van der Waals surface area (Å²) in [6.45, 7) is 6.94. The van der Waals surface area contributed by atoms with E-state index in [2.05, 4.69) is 5.32 Å². The Hall–Kier alpha value is -2.69. The standard InChI is InChI=1S/C21H27NO4/c1-5-25-19-12-11-16(13-20(19)26-6-2)15(3)22-21(23)14-17-9-7-8-10-18(17)24-4/h7-13,15H,5-6,14H2,1-4H3,(H,22,23)/t15-/m1/s1. The third-order valence-electron chi connectivity index (χ3n) is 3.99. The summed E-state index contributed by atoms with van der Waals surface area (Å²) in [5.74, 6) is 2.06. The predicted octanol–water partition coefficient (Wildman–Crippen LogP) is 3.91. The molecule has 140 valence electrons. The van der Waals surface area contributed by atoms with E-state index in [4.69, 9.17) is 14.2 Å². The lowest BCUT2D eigenvalue weighted by Crippen LogP contribution is -2.28. The largest absolute Gasteiger partial charge is 0.496 e. The van der Waals surface area contributed by atoms with Crippen molar-refractivity contribution in [2.24, 2.45) is 0 Å². The van der Waals surface area contributed by atoms with Crippen LogP contribution in [0.5, 0.6) is 17.2 Å². The molecule has 0 aromatic heterocycles. The van der Waals surface area contributed by atoms with Gasteiger partial charge in [-0.3, -0.25) is 4.79 Å². The number of hydrogen-bond acceptors (Lipinski definition) is 4. The number of carbonyl (C=O) groups excluding carboxylic acids is 1. The molecule has 0 saturated carbocycles. The van der Waals surface area contributed by atoms with E-state index in [9.17, 15) is 4.79 Å². The predicted molar refractivity (Wildman–Crippen MR) is 102 cm³/mol. The SMILES string of the molecule is CCOc1ccc([C@@H](C)NC(=O)Cc2ccccc2OC)cc1OCC. The third-order valence-corrected chi connectivity index (χ3v) is 3.99. The van der Waals surface area contributed by atoms with Crippen LogP contribution < -0.4 is 19.5 Å². The highest BCUT2D eigenvalue weighted by Crippen LogP contribution is 2.30. The fourth-order valence-corrected chi connectivity index (χ4v) is 2.73. The molecule has 5 heteroatoms. The summed E-state index contributed by atoms with van der Waals surface area (Å²) in [6.07, 6.45) is 0.268. The van der Waals surface area contributed by atoms with Crippen molar-refractivity contribution in [2.75, 3.05) is 20.3 Å². The minimum Gasteiger partial charge on any atom is -0.496 e. The van der Waals surface area contributed by atoms with Crippen LogP contribution in [0.1, 0.15) is 37.9 Å². The van der Waals surface area contributed by atoms with Gasteiger partial charge in [0.05, 0.1) is 32.8 Å². The first kappa shape index (κ1) is 19.6. The number of nitrogens with one attached hydrogen (secondary N) is 1. The van der Waals surface area contributed by atoms with Gasteiger partial charge in [-0.25, -0.2) is 0 Å². The molecule has 0 aliphatic carbocycles. The number of benzene rings is 2. The lowest BCUT2D eigenvalue weighted by atomic mass is 10.1. The van der Waals surface area contributed by atoms with Crippen LogP contribution in [0.2, 0.25) is 0 Å². The van der Waals surface area contributed by atoms with E-state index in [0.29, 0.717) is 24.7 Å². The molecule has 0 fully saturated rings. The highest BCUT2D eigenvalue weighted by Gasteiger charge is 2.15. The van der Waals surface area contributed by atoms with Crippen molar-refractivity contribution in [1.29, 1.82) is 0 Å². The molecule has 0 saturated heterocycles. The van der Waals surface area contributed by atoms with Crippen molar-refractivity contribution in [2.45, 2.75) is 33.2 Å². The van der Waals surface area contributed by atoms with Crippen LogP contribution >= 0.6 is 0 Å². The Labute approximate surface area is 155 Å². The molecule has 1 atom stereocenters. The van der Waals surface area contributed by atoms with Crippen LogP contribution in [0, 0.1) is 0 Å². The van der Waals surface area contributed by atoms with Crippen molar-refractivity contribution < 1.29 is 19.0 Å². The molecule has 1 N–H and O–H groups in total. The van der Waals surface area contributed by atoms with E-state index in [0.717, 1.165) is 16.9 Å². The van der Waals surface area contributed by atoms with Gasteiger partial charge in [-0.1, -0.05) is 24.3 Å². The average molecular weight is 357 g/mol. The van der Waals surface area contributed by atoms with Gasteiger partial charge in [0.2, 0.25) is 5.91 Å². The zero-order chi connectivity index (χ0) is 18.9. The van der Waals surface area contributed by atoms with Gasteiger partial charge in [0.15, 0.2) is 11.5 Å². The first-order valence-corrected chi connectivity index (χ1v) is 8.89. The van der Waals surface area contributed by atoms with Crippen molar-refractivity contribution in [3.63, 3.8) is 0 Å². The van der Waals surface area contributed by atoms with E-state index in [-0.39, 0.29) is 18.4 Å². The van der Waals surface area contributed by atoms with Gasteiger partial charge in [-0.15, -0.1) is 0 Å². The average Bonchev–Trinajstić information content (AvgIpc) is 2.63. The van der Waals surface area contributed by atoms with E-state index in [1.807, 2.05) is 63.2 Å². The zero-order valence-electron chi connectivity index (χ0n) is 15.9. The summed E-state index contributed by atoms with van der Waals surface area (Å²) < 4.78 is 16.5. The van der Waals surface area contributed by atoms with Gasteiger partial charge in [-0.05, 0) is 44.5 Å². The highest BCUT2D eigenvalue weighted by molar-refractivity contribution is 5.79. The van der Waals surface area contributed by atoms with E-state index in [1.165, 1.54) is 0 Å². The molecule has 2 aromatic rings. The second kappa shape index (κ2) is 9.70. The molecule has 0 radical (unpaired) electrons. The van der Waals surface area contributed by atoms with Gasteiger partial charge in [0, 0.05) is 5.56 Å². The van der Waals surface area contributed by atoms with Crippen molar-refractivity contribution in [3.05, 3.63) is 53.6 Å². The lowest BCUT2D eigenvalue weighted by Gasteiger charge is -2.18. The molecule has 0 spiro atoms. The van der Waals surface area contributed by atoms with Gasteiger partial charge in [-0.2, -0.15) is 0 Å². The molecule has 0 unspecified atom stereocenters. The number of carbonyl (C=O) groups is 1. The number of ether oxygens (including phenoxy) is 3. The molecule has 2 rings (SSSR count). The van der Waals surface area contributed by atoms with Gasteiger partial charge < -0.3 is 19.5 Å². The summed E-state index contributed by atoms with van der Waals surface area (Å²) in [6, 6.07) is 13.1. The number of amides is 1. The summed E-state index contributed by atoms with van der Waals surface area (Å²) in [5, 5.41) is 3.03. The highest BCUT2D eigenvalue weighted by atomic mass is 16.5. The van der Waals surface area contributed by atoms with Crippen LogP contribution in [-0.2, 0) is 11.2 Å². The van der Waals surface area contributed by atoms with Crippen molar-refractivity contribution in [3.8, 4) is 17.2 Å². The molecule has 2 aromatic carbocycles. The fourth-order valence-electron chi connectivity index (χ4n) is 2.73. The number of hydrogen-bond donors (Lipinski definition) is 1. The molecule has 0 aliphatic heterocycles. The summed E-state index contributed by atoms with van der Waals surface area (Å²) in [5.41, 5.74) is 1.83. The first-order valence-electron chi connectivity index (χ1n) is 8.89. The maximum Gasteiger partial charge on any atom is 0.225 e. The maximum absolute atomic E-state index is 12.4. The Kier molecular flexibility index (Phi) is 7.33.